The number of allylic oxidation sites excluding steroid dienone is 1. The van der Waals surface area contributed by atoms with E-state index in [2.05, 4.69) is 4.99 Å². The minimum Gasteiger partial charge on any atom is -0.493 e. The SMILES string of the molecule is CCOC(=O)C1=C(C)N=c2s/c(=C\c3cc(OC)c(OC)c(OC)c3)c(=O)n2[C@@H]1c1cc(OC)c(OC)c(OC)c1. The molecule has 218 valence electrons. The van der Waals surface area contributed by atoms with E-state index in [4.69, 9.17) is 33.2 Å². The van der Waals surface area contributed by atoms with Crippen molar-refractivity contribution in [2.45, 2.75) is 19.9 Å². The Morgan fingerprint density at radius 1 is 0.878 bits per heavy atom. The molecular formula is C29H32N2O9S. The van der Waals surface area contributed by atoms with Gasteiger partial charge in [-0.05, 0) is 55.3 Å². The van der Waals surface area contributed by atoms with Gasteiger partial charge in [-0.25, -0.2) is 9.79 Å². The molecule has 0 spiro atoms. The van der Waals surface area contributed by atoms with Crippen LogP contribution in [0.4, 0.5) is 0 Å². The molecule has 1 aromatic heterocycles. The maximum absolute atomic E-state index is 14.0. The van der Waals surface area contributed by atoms with Crippen molar-refractivity contribution in [2.75, 3.05) is 49.3 Å². The normalized spacial score (nSPS) is 14.6. The molecule has 2 aromatic carbocycles. The highest BCUT2D eigenvalue weighted by Crippen LogP contribution is 2.42. The first-order valence-electron chi connectivity index (χ1n) is 12.6. The Hall–Kier alpha value is -4.45. The molecule has 0 N–H and O–H groups in total. The Labute approximate surface area is 240 Å². The smallest absolute Gasteiger partial charge is 0.338 e. The second kappa shape index (κ2) is 12.4. The van der Waals surface area contributed by atoms with Gasteiger partial charge in [0.2, 0.25) is 11.5 Å². The molecule has 3 aromatic rings. The number of hydrogen-bond acceptors (Lipinski definition) is 11. The van der Waals surface area contributed by atoms with Crippen LogP contribution in [0.5, 0.6) is 34.5 Å². The van der Waals surface area contributed by atoms with E-state index in [1.165, 1.54) is 58.6 Å². The first-order chi connectivity index (χ1) is 19.8. The molecule has 0 fully saturated rings. The highest BCUT2D eigenvalue weighted by Gasteiger charge is 2.34. The fraction of sp³-hybridized carbons (Fsp3) is 0.345. The number of aromatic nitrogens is 1. The van der Waals surface area contributed by atoms with Gasteiger partial charge in [-0.1, -0.05) is 11.3 Å². The minimum atomic E-state index is -0.874. The largest absolute Gasteiger partial charge is 0.493 e. The van der Waals surface area contributed by atoms with E-state index in [1.54, 1.807) is 44.2 Å². The summed E-state index contributed by atoms with van der Waals surface area (Å²) in [6.45, 7) is 3.59. The summed E-state index contributed by atoms with van der Waals surface area (Å²) in [4.78, 5) is 32.3. The van der Waals surface area contributed by atoms with Crippen molar-refractivity contribution in [1.29, 1.82) is 0 Å². The van der Waals surface area contributed by atoms with Crippen molar-refractivity contribution in [3.05, 3.63) is 66.4 Å². The molecule has 1 atom stereocenters. The summed E-state index contributed by atoms with van der Waals surface area (Å²) in [5.41, 5.74) is 1.51. The van der Waals surface area contributed by atoms with E-state index in [9.17, 15) is 9.59 Å². The van der Waals surface area contributed by atoms with Crippen LogP contribution in [0, 0.1) is 0 Å². The molecule has 0 saturated heterocycles. The van der Waals surface area contributed by atoms with Gasteiger partial charge in [-0.15, -0.1) is 0 Å². The summed E-state index contributed by atoms with van der Waals surface area (Å²) in [5, 5.41) is 0. The van der Waals surface area contributed by atoms with Gasteiger partial charge in [0.15, 0.2) is 27.8 Å². The Kier molecular flexibility index (Phi) is 8.92. The molecule has 0 bridgehead atoms. The summed E-state index contributed by atoms with van der Waals surface area (Å²) in [6, 6.07) is 6.03. The third kappa shape index (κ3) is 5.34. The molecule has 0 amide bonds. The van der Waals surface area contributed by atoms with Crippen LogP contribution in [0.15, 0.2) is 45.3 Å². The molecule has 4 rings (SSSR count). The molecule has 0 aliphatic carbocycles. The van der Waals surface area contributed by atoms with Crippen molar-refractivity contribution in [3.8, 4) is 34.5 Å². The standard InChI is InChI=1S/C29H32N2O9S/c1-9-40-28(33)23-15(2)30-29-31(24(23)17-13-20(36-5)26(39-8)21(14-17)37-6)27(32)22(41-29)12-16-10-18(34-3)25(38-7)19(11-16)35-4/h10-14,24H,9H2,1-8H3/b22-12-/t24-/m1/s1. The number of carbonyl (C=O) groups excluding carboxylic acids is 1. The topological polar surface area (TPSA) is 116 Å². The van der Waals surface area contributed by atoms with Crippen molar-refractivity contribution in [2.24, 2.45) is 4.99 Å². The monoisotopic (exact) mass is 584 g/mol. The number of carbonyl (C=O) groups is 1. The van der Waals surface area contributed by atoms with E-state index >= 15 is 0 Å². The lowest BCUT2D eigenvalue weighted by Gasteiger charge is -2.26. The number of nitrogens with zero attached hydrogens (tertiary/aromatic N) is 2. The lowest BCUT2D eigenvalue weighted by molar-refractivity contribution is -0.139. The van der Waals surface area contributed by atoms with Gasteiger partial charge in [0.25, 0.3) is 5.56 Å². The first-order valence-corrected chi connectivity index (χ1v) is 13.4. The lowest BCUT2D eigenvalue weighted by Crippen LogP contribution is -2.40. The molecule has 12 heteroatoms. The molecule has 2 heterocycles. The van der Waals surface area contributed by atoms with Crippen LogP contribution in [0.1, 0.15) is 31.0 Å². The molecular weight excluding hydrogens is 552 g/mol. The Balaban J connectivity index is 2.01. The molecule has 1 aliphatic heterocycles. The van der Waals surface area contributed by atoms with Gasteiger partial charge in [0.1, 0.15) is 0 Å². The predicted molar refractivity (Wildman–Crippen MR) is 153 cm³/mol. The summed E-state index contributed by atoms with van der Waals surface area (Å²) < 4.78 is 40.2. The van der Waals surface area contributed by atoms with Gasteiger partial charge < -0.3 is 33.2 Å². The molecule has 0 saturated carbocycles. The fourth-order valence-corrected chi connectivity index (χ4v) is 5.75. The van der Waals surface area contributed by atoms with E-state index in [-0.39, 0.29) is 17.7 Å². The van der Waals surface area contributed by atoms with Crippen molar-refractivity contribution in [3.63, 3.8) is 0 Å². The van der Waals surface area contributed by atoms with Crippen LogP contribution in [0.2, 0.25) is 0 Å². The number of benzene rings is 2. The Morgan fingerprint density at radius 3 is 1.85 bits per heavy atom. The van der Waals surface area contributed by atoms with E-state index < -0.39 is 12.0 Å². The number of fused-ring (bicyclic) bond motifs is 1. The van der Waals surface area contributed by atoms with Gasteiger partial charge >= 0.3 is 5.97 Å². The highest BCUT2D eigenvalue weighted by molar-refractivity contribution is 7.07. The van der Waals surface area contributed by atoms with Crippen molar-refractivity contribution < 1.29 is 38.0 Å². The molecule has 1 aliphatic rings. The van der Waals surface area contributed by atoms with Crippen LogP contribution in [0.3, 0.4) is 0 Å². The highest BCUT2D eigenvalue weighted by atomic mass is 32.1. The average Bonchev–Trinajstić information content (AvgIpc) is 3.28. The zero-order chi connectivity index (χ0) is 29.8. The lowest BCUT2D eigenvalue weighted by atomic mass is 9.95. The van der Waals surface area contributed by atoms with Gasteiger partial charge in [-0.3, -0.25) is 9.36 Å². The maximum Gasteiger partial charge on any atom is 0.338 e. The Bertz CT molecular complexity index is 1640. The third-order valence-corrected chi connectivity index (χ3v) is 7.49. The van der Waals surface area contributed by atoms with Crippen LogP contribution in [-0.4, -0.2) is 59.8 Å². The number of hydrogen-bond donors (Lipinski definition) is 0. The summed E-state index contributed by atoms with van der Waals surface area (Å²) in [7, 11) is 9.05. The van der Waals surface area contributed by atoms with Crippen molar-refractivity contribution in [1.82, 2.24) is 4.57 Å². The second-order valence-corrected chi connectivity index (χ2v) is 9.73. The van der Waals surface area contributed by atoms with E-state index in [0.717, 1.165) is 0 Å². The summed E-state index contributed by atoms with van der Waals surface area (Å²) >= 11 is 1.19. The molecule has 0 radical (unpaired) electrons. The molecule has 11 nitrogen and oxygen atoms in total. The van der Waals surface area contributed by atoms with Gasteiger partial charge in [0.05, 0.1) is 71.1 Å². The number of esters is 1. The third-order valence-electron chi connectivity index (χ3n) is 6.50. The number of thiazole rings is 1. The summed E-state index contributed by atoms with van der Waals surface area (Å²) in [5.74, 6) is 1.88. The van der Waals surface area contributed by atoms with Crippen LogP contribution in [0.25, 0.3) is 6.08 Å². The maximum atomic E-state index is 14.0. The first kappa shape index (κ1) is 29.5. The van der Waals surface area contributed by atoms with Gasteiger partial charge in [0, 0.05) is 0 Å². The number of ether oxygens (including phenoxy) is 7. The van der Waals surface area contributed by atoms with E-state index in [0.29, 0.717) is 60.7 Å². The number of rotatable bonds is 10. The van der Waals surface area contributed by atoms with Crippen LogP contribution >= 0.6 is 11.3 Å². The summed E-state index contributed by atoms with van der Waals surface area (Å²) in [6.07, 6.45) is 1.71. The fourth-order valence-electron chi connectivity index (χ4n) is 4.70. The Morgan fingerprint density at radius 2 is 1.39 bits per heavy atom. The van der Waals surface area contributed by atoms with Crippen LogP contribution < -0.4 is 43.3 Å². The zero-order valence-electron chi connectivity index (χ0n) is 24.1. The molecule has 41 heavy (non-hydrogen) atoms. The quantitative estimate of drug-likeness (QED) is 0.332. The minimum absolute atomic E-state index is 0.156. The zero-order valence-corrected chi connectivity index (χ0v) is 25.0. The van der Waals surface area contributed by atoms with Gasteiger partial charge in [-0.2, -0.15) is 0 Å². The molecule has 0 unspecified atom stereocenters. The number of methoxy groups -OCH3 is 6. The van der Waals surface area contributed by atoms with E-state index in [1.807, 2.05) is 0 Å². The van der Waals surface area contributed by atoms with Crippen LogP contribution in [-0.2, 0) is 9.53 Å². The second-order valence-electron chi connectivity index (χ2n) is 8.72. The van der Waals surface area contributed by atoms with Crippen molar-refractivity contribution >= 4 is 23.4 Å². The predicted octanol–water partition coefficient (Wildman–Crippen LogP) is 2.85. The average molecular weight is 585 g/mol.